The number of amides is 1. The molecule has 0 spiro atoms. The van der Waals surface area contributed by atoms with Crippen molar-refractivity contribution in [2.24, 2.45) is 11.3 Å². The monoisotopic (exact) mass is 310 g/mol. The van der Waals surface area contributed by atoms with E-state index in [-0.39, 0.29) is 17.2 Å². The van der Waals surface area contributed by atoms with Gasteiger partial charge in [-0.2, -0.15) is 0 Å². The van der Waals surface area contributed by atoms with Crippen LogP contribution in [0.25, 0.3) is 0 Å². The van der Waals surface area contributed by atoms with E-state index >= 15 is 0 Å². The van der Waals surface area contributed by atoms with Crippen LogP contribution in [0.2, 0.25) is 0 Å². The number of anilines is 2. The molecule has 1 aliphatic carbocycles. The van der Waals surface area contributed by atoms with Gasteiger partial charge in [0.05, 0.1) is 5.69 Å². The molecule has 0 saturated heterocycles. The van der Waals surface area contributed by atoms with Gasteiger partial charge in [-0.15, -0.1) is 0 Å². The lowest BCUT2D eigenvalue weighted by Gasteiger charge is -2.26. The molecule has 0 aliphatic heterocycles. The Morgan fingerprint density at radius 1 is 1.50 bits per heavy atom. The first-order valence-electron chi connectivity index (χ1n) is 6.26. The van der Waals surface area contributed by atoms with Crippen LogP contribution in [0.15, 0.2) is 22.7 Å². The first-order chi connectivity index (χ1) is 8.40. The lowest BCUT2D eigenvalue weighted by molar-refractivity contribution is -0.122. The molecule has 18 heavy (non-hydrogen) atoms. The minimum Gasteiger partial charge on any atom is -0.399 e. The van der Waals surface area contributed by atoms with E-state index in [1.807, 2.05) is 6.07 Å². The fourth-order valence-electron chi connectivity index (χ4n) is 2.67. The van der Waals surface area contributed by atoms with E-state index in [2.05, 4.69) is 35.1 Å². The van der Waals surface area contributed by atoms with Crippen LogP contribution in [-0.4, -0.2) is 5.91 Å². The highest BCUT2D eigenvalue weighted by atomic mass is 79.9. The standard InChI is InChI=1S/C14H19BrN2O/c1-14(2)7-3-4-10(14)13(18)17-12-6-5-9(16)8-11(12)15/h5-6,8,10H,3-4,7,16H2,1-2H3,(H,17,18). The molecule has 1 aromatic carbocycles. The molecular formula is C14H19BrN2O. The summed E-state index contributed by atoms with van der Waals surface area (Å²) in [5, 5.41) is 2.99. The largest absolute Gasteiger partial charge is 0.399 e. The number of nitrogens with one attached hydrogen (secondary N) is 1. The zero-order valence-corrected chi connectivity index (χ0v) is 12.4. The lowest BCUT2D eigenvalue weighted by atomic mass is 9.81. The molecule has 1 aliphatic rings. The van der Waals surface area contributed by atoms with Crippen molar-refractivity contribution in [2.45, 2.75) is 33.1 Å². The van der Waals surface area contributed by atoms with Gasteiger partial charge in [0.15, 0.2) is 0 Å². The second-order valence-corrected chi connectivity index (χ2v) is 6.52. The average molecular weight is 311 g/mol. The Hall–Kier alpha value is -1.03. The van der Waals surface area contributed by atoms with Crippen LogP contribution in [0.5, 0.6) is 0 Å². The molecule has 4 heteroatoms. The highest BCUT2D eigenvalue weighted by molar-refractivity contribution is 9.10. The van der Waals surface area contributed by atoms with Gasteiger partial charge in [-0.1, -0.05) is 20.3 Å². The van der Waals surface area contributed by atoms with Gasteiger partial charge in [0, 0.05) is 16.1 Å². The Labute approximate surface area is 116 Å². The predicted molar refractivity (Wildman–Crippen MR) is 78.3 cm³/mol. The molecule has 1 saturated carbocycles. The number of carbonyl (C=O) groups is 1. The Kier molecular flexibility index (Phi) is 3.66. The smallest absolute Gasteiger partial charge is 0.228 e. The Morgan fingerprint density at radius 2 is 2.22 bits per heavy atom. The van der Waals surface area contributed by atoms with Crippen molar-refractivity contribution >= 4 is 33.2 Å². The lowest BCUT2D eigenvalue weighted by Crippen LogP contribution is -2.30. The topological polar surface area (TPSA) is 55.1 Å². The number of hydrogen-bond acceptors (Lipinski definition) is 2. The van der Waals surface area contributed by atoms with Crippen LogP contribution < -0.4 is 11.1 Å². The number of nitrogens with two attached hydrogens (primary N) is 1. The molecule has 0 heterocycles. The summed E-state index contributed by atoms with van der Waals surface area (Å²) in [6.45, 7) is 4.34. The van der Waals surface area contributed by atoms with E-state index in [1.54, 1.807) is 12.1 Å². The molecule has 3 nitrogen and oxygen atoms in total. The minimum absolute atomic E-state index is 0.0990. The van der Waals surface area contributed by atoms with E-state index in [1.165, 1.54) is 0 Å². The second-order valence-electron chi connectivity index (χ2n) is 5.66. The molecule has 0 aromatic heterocycles. The maximum atomic E-state index is 12.3. The highest BCUT2D eigenvalue weighted by Gasteiger charge is 2.39. The molecule has 0 radical (unpaired) electrons. The second kappa shape index (κ2) is 4.92. The van der Waals surface area contributed by atoms with Crippen molar-refractivity contribution in [1.82, 2.24) is 0 Å². The molecule has 1 fully saturated rings. The SMILES string of the molecule is CC1(C)CCCC1C(=O)Nc1ccc(N)cc1Br. The van der Waals surface area contributed by atoms with Crippen LogP contribution in [0.3, 0.4) is 0 Å². The first kappa shape index (κ1) is 13.4. The quantitative estimate of drug-likeness (QED) is 0.816. The van der Waals surface area contributed by atoms with Crippen molar-refractivity contribution in [3.8, 4) is 0 Å². The summed E-state index contributed by atoms with van der Waals surface area (Å²) in [5.41, 5.74) is 7.25. The summed E-state index contributed by atoms with van der Waals surface area (Å²) in [6, 6.07) is 5.43. The van der Waals surface area contributed by atoms with Gasteiger partial charge >= 0.3 is 0 Å². The fraction of sp³-hybridized carbons (Fsp3) is 0.500. The number of rotatable bonds is 2. The molecular weight excluding hydrogens is 292 g/mol. The number of halogens is 1. The van der Waals surface area contributed by atoms with Crippen LogP contribution in [0, 0.1) is 11.3 Å². The number of hydrogen-bond donors (Lipinski definition) is 2. The zero-order chi connectivity index (χ0) is 13.3. The molecule has 1 atom stereocenters. The fourth-order valence-corrected chi connectivity index (χ4v) is 3.16. The van der Waals surface area contributed by atoms with E-state index < -0.39 is 0 Å². The number of benzene rings is 1. The summed E-state index contributed by atoms with van der Waals surface area (Å²) in [5.74, 6) is 0.213. The Balaban J connectivity index is 2.12. The summed E-state index contributed by atoms with van der Waals surface area (Å²) < 4.78 is 0.826. The normalized spacial score (nSPS) is 21.8. The molecule has 2 rings (SSSR count). The van der Waals surface area contributed by atoms with E-state index in [9.17, 15) is 4.79 Å². The van der Waals surface area contributed by atoms with Crippen molar-refractivity contribution < 1.29 is 4.79 Å². The zero-order valence-electron chi connectivity index (χ0n) is 10.8. The van der Waals surface area contributed by atoms with Crippen LogP contribution in [0.4, 0.5) is 11.4 Å². The van der Waals surface area contributed by atoms with Gasteiger partial charge in [-0.05, 0) is 52.4 Å². The maximum Gasteiger partial charge on any atom is 0.228 e. The van der Waals surface area contributed by atoms with E-state index in [0.717, 1.165) is 29.4 Å². The van der Waals surface area contributed by atoms with Crippen LogP contribution >= 0.6 is 15.9 Å². The minimum atomic E-state index is 0.0990. The third-order valence-corrected chi connectivity index (χ3v) is 4.48. The molecule has 1 unspecified atom stereocenters. The third kappa shape index (κ3) is 2.69. The number of nitrogen functional groups attached to an aromatic ring is 1. The molecule has 3 N–H and O–H groups in total. The highest BCUT2D eigenvalue weighted by Crippen LogP contribution is 2.43. The third-order valence-electron chi connectivity index (χ3n) is 3.82. The van der Waals surface area contributed by atoms with Crippen LogP contribution in [0.1, 0.15) is 33.1 Å². The molecule has 0 bridgehead atoms. The van der Waals surface area contributed by atoms with Gasteiger partial charge in [-0.25, -0.2) is 0 Å². The van der Waals surface area contributed by atoms with E-state index in [0.29, 0.717) is 5.69 Å². The molecule has 1 amide bonds. The van der Waals surface area contributed by atoms with Crippen molar-refractivity contribution in [1.29, 1.82) is 0 Å². The summed E-state index contributed by atoms with van der Waals surface area (Å²) in [6.07, 6.45) is 3.23. The van der Waals surface area contributed by atoms with Gasteiger partial charge < -0.3 is 11.1 Å². The van der Waals surface area contributed by atoms with Gasteiger partial charge in [0.1, 0.15) is 0 Å². The first-order valence-corrected chi connectivity index (χ1v) is 7.05. The van der Waals surface area contributed by atoms with Crippen molar-refractivity contribution in [2.75, 3.05) is 11.1 Å². The number of carbonyl (C=O) groups excluding carboxylic acids is 1. The van der Waals surface area contributed by atoms with Crippen molar-refractivity contribution in [3.05, 3.63) is 22.7 Å². The summed E-state index contributed by atoms with van der Waals surface area (Å²) in [7, 11) is 0. The summed E-state index contributed by atoms with van der Waals surface area (Å²) >= 11 is 3.42. The predicted octanol–water partition coefficient (Wildman–Crippen LogP) is 3.80. The molecule has 1 aromatic rings. The average Bonchev–Trinajstić information content (AvgIpc) is 2.62. The Morgan fingerprint density at radius 3 is 2.78 bits per heavy atom. The van der Waals surface area contributed by atoms with Gasteiger partial charge in [0.2, 0.25) is 5.91 Å². The van der Waals surface area contributed by atoms with Crippen LogP contribution in [-0.2, 0) is 4.79 Å². The molecule has 98 valence electrons. The maximum absolute atomic E-state index is 12.3. The van der Waals surface area contributed by atoms with Gasteiger partial charge in [-0.3, -0.25) is 4.79 Å². The summed E-state index contributed by atoms with van der Waals surface area (Å²) in [4.78, 5) is 12.3. The van der Waals surface area contributed by atoms with Gasteiger partial charge in [0.25, 0.3) is 0 Å². The van der Waals surface area contributed by atoms with E-state index in [4.69, 9.17) is 5.73 Å². The van der Waals surface area contributed by atoms with Crippen molar-refractivity contribution in [3.63, 3.8) is 0 Å². The Bertz CT molecular complexity index is 471.